The highest BCUT2D eigenvalue weighted by Crippen LogP contribution is 2.22. The van der Waals surface area contributed by atoms with Crippen molar-refractivity contribution in [3.8, 4) is 5.75 Å². The minimum atomic E-state index is -0.0391. The van der Waals surface area contributed by atoms with Crippen molar-refractivity contribution >= 4 is 34.8 Å². The summed E-state index contributed by atoms with van der Waals surface area (Å²) in [5.74, 6) is 0.756. The molecule has 2 aromatic rings. The molecule has 1 aromatic carbocycles. The third kappa shape index (κ3) is 3.22. The van der Waals surface area contributed by atoms with Gasteiger partial charge in [-0.15, -0.1) is 11.3 Å². The molecule has 2 rings (SSSR count). The van der Waals surface area contributed by atoms with Gasteiger partial charge in [-0.1, -0.05) is 29.8 Å². The van der Waals surface area contributed by atoms with Crippen molar-refractivity contribution < 1.29 is 9.53 Å². The van der Waals surface area contributed by atoms with E-state index in [2.05, 4.69) is 0 Å². The van der Waals surface area contributed by atoms with Crippen LogP contribution in [-0.2, 0) is 0 Å². The van der Waals surface area contributed by atoms with Gasteiger partial charge in [-0.25, -0.2) is 0 Å². The molecule has 92 valence electrons. The lowest BCUT2D eigenvalue weighted by Crippen LogP contribution is -1.88. The predicted octanol–water partition coefficient (Wildman–Crippen LogP) is 4.31. The molecule has 0 bridgehead atoms. The highest BCUT2D eigenvalue weighted by atomic mass is 35.5. The fourth-order valence-electron chi connectivity index (χ4n) is 1.42. The Morgan fingerprint density at radius 3 is 2.50 bits per heavy atom. The number of ketones is 1. The highest BCUT2D eigenvalue weighted by Gasteiger charge is 2.04. The first-order valence-corrected chi connectivity index (χ1v) is 6.50. The van der Waals surface area contributed by atoms with Crippen LogP contribution in [0.2, 0.25) is 4.34 Å². The zero-order valence-corrected chi connectivity index (χ0v) is 11.3. The summed E-state index contributed by atoms with van der Waals surface area (Å²) in [6, 6.07) is 10.9. The monoisotopic (exact) mass is 278 g/mol. The zero-order valence-electron chi connectivity index (χ0n) is 9.72. The molecule has 0 aliphatic heterocycles. The Labute approximate surface area is 114 Å². The van der Waals surface area contributed by atoms with Gasteiger partial charge in [-0.2, -0.15) is 0 Å². The second-order valence-corrected chi connectivity index (χ2v) is 5.29. The molecule has 2 nitrogen and oxygen atoms in total. The molecule has 0 amide bonds. The van der Waals surface area contributed by atoms with Crippen molar-refractivity contribution in [1.82, 2.24) is 0 Å². The molecule has 0 spiro atoms. The van der Waals surface area contributed by atoms with Gasteiger partial charge in [0.25, 0.3) is 0 Å². The molecule has 18 heavy (non-hydrogen) atoms. The summed E-state index contributed by atoms with van der Waals surface area (Å²) in [4.78, 5) is 12.4. The average Bonchev–Trinajstić information content (AvgIpc) is 2.83. The fraction of sp³-hybridized carbons (Fsp3) is 0.0714. The Bertz CT molecular complexity index is 570. The van der Waals surface area contributed by atoms with Gasteiger partial charge in [0.15, 0.2) is 5.78 Å². The summed E-state index contributed by atoms with van der Waals surface area (Å²) in [6.07, 6.45) is 3.32. The summed E-state index contributed by atoms with van der Waals surface area (Å²) in [7, 11) is 1.62. The molecule has 0 unspecified atom stereocenters. The van der Waals surface area contributed by atoms with Gasteiger partial charge in [0, 0.05) is 0 Å². The Morgan fingerprint density at radius 1 is 1.22 bits per heavy atom. The van der Waals surface area contributed by atoms with Crippen molar-refractivity contribution in [2.45, 2.75) is 0 Å². The molecule has 0 saturated carbocycles. The molecule has 0 aliphatic carbocycles. The maximum absolute atomic E-state index is 11.8. The minimum absolute atomic E-state index is 0.0391. The third-order valence-corrected chi connectivity index (χ3v) is 3.60. The molecule has 1 aromatic heterocycles. The van der Waals surface area contributed by atoms with E-state index in [-0.39, 0.29) is 5.78 Å². The fourth-order valence-corrected chi connectivity index (χ4v) is 2.38. The van der Waals surface area contributed by atoms with Gasteiger partial charge in [0.1, 0.15) is 5.75 Å². The maximum atomic E-state index is 11.8. The lowest BCUT2D eigenvalue weighted by atomic mass is 10.2. The van der Waals surface area contributed by atoms with Crippen LogP contribution < -0.4 is 4.74 Å². The first-order valence-electron chi connectivity index (χ1n) is 5.31. The quantitative estimate of drug-likeness (QED) is 0.615. The van der Waals surface area contributed by atoms with Crippen LogP contribution in [0.1, 0.15) is 15.2 Å². The van der Waals surface area contributed by atoms with E-state index in [0.29, 0.717) is 9.21 Å². The number of rotatable bonds is 4. The van der Waals surface area contributed by atoms with Crippen LogP contribution in [0.5, 0.6) is 5.75 Å². The van der Waals surface area contributed by atoms with Crippen molar-refractivity contribution in [2.75, 3.05) is 7.11 Å². The first kappa shape index (κ1) is 12.9. The summed E-state index contributed by atoms with van der Waals surface area (Å²) >= 11 is 7.07. The maximum Gasteiger partial charge on any atom is 0.195 e. The minimum Gasteiger partial charge on any atom is -0.497 e. The molecule has 0 radical (unpaired) electrons. The lowest BCUT2D eigenvalue weighted by molar-refractivity contribution is 0.105. The highest BCUT2D eigenvalue weighted by molar-refractivity contribution is 7.18. The Kier molecular flexibility index (Phi) is 4.18. The van der Waals surface area contributed by atoms with Crippen LogP contribution in [0.25, 0.3) is 6.08 Å². The van der Waals surface area contributed by atoms with Crippen molar-refractivity contribution in [3.63, 3.8) is 0 Å². The van der Waals surface area contributed by atoms with Crippen LogP contribution in [-0.4, -0.2) is 12.9 Å². The van der Waals surface area contributed by atoms with Gasteiger partial charge in [0.05, 0.1) is 16.3 Å². The van der Waals surface area contributed by atoms with E-state index in [1.54, 1.807) is 31.4 Å². The number of methoxy groups -OCH3 is 1. The number of thiophene rings is 1. The molecule has 4 heteroatoms. The van der Waals surface area contributed by atoms with E-state index in [0.717, 1.165) is 11.3 Å². The summed E-state index contributed by atoms with van der Waals surface area (Å²) in [5.41, 5.74) is 0.951. The number of halogens is 1. The third-order valence-electron chi connectivity index (χ3n) is 2.36. The number of ether oxygens (including phenoxy) is 1. The van der Waals surface area contributed by atoms with Gasteiger partial charge in [0.2, 0.25) is 0 Å². The molecule has 1 heterocycles. The smallest absolute Gasteiger partial charge is 0.195 e. The second kappa shape index (κ2) is 5.85. The second-order valence-electron chi connectivity index (χ2n) is 3.57. The summed E-state index contributed by atoms with van der Waals surface area (Å²) in [6.45, 7) is 0. The molecule has 0 saturated heterocycles. The number of hydrogen-bond donors (Lipinski definition) is 0. The topological polar surface area (TPSA) is 26.3 Å². The van der Waals surface area contributed by atoms with Crippen molar-refractivity contribution in [2.24, 2.45) is 0 Å². The van der Waals surface area contributed by atoms with Crippen LogP contribution in [0.15, 0.2) is 42.5 Å². The molecular formula is C14H11ClO2S. The largest absolute Gasteiger partial charge is 0.497 e. The first-order chi connectivity index (χ1) is 8.69. The van der Waals surface area contributed by atoms with E-state index in [1.165, 1.54) is 11.3 Å². The van der Waals surface area contributed by atoms with Crippen LogP contribution in [0, 0.1) is 0 Å². The number of allylic oxidation sites excluding steroid dienone is 1. The summed E-state index contributed by atoms with van der Waals surface area (Å²) < 4.78 is 5.68. The van der Waals surface area contributed by atoms with E-state index in [1.807, 2.05) is 24.3 Å². The van der Waals surface area contributed by atoms with Crippen LogP contribution in [0.3, 0.4) is 0 Å². The lowest BCUT2D eigenvalue weighted by Gasteiger charge is -1.98. The number of benzene rings is 1. The van der Waals surface area contributed by atoms with E-state index >= 15 is 0 Å². The van der Waals surface area contributed by atoms with Gasteiger partial charge in [-0.05, 0) is 35.9 Å². The molecule has 0 atom stereocenters. The average molecular weight is 279 g/mol. The van der Waals surface area contributed by atoms with E-state index in [4.69, 9.17) is 16.3 Å². The Hall–Kier alpha value is -1.58. The van der Waals surface area contributed by atoms with Crippen LogP contribution in [0.4, 0.5) is 0 Å². The molecule has 0 aliphatic rings. The molecule has 0 fully saturated rings. The number of carbonyl (C=O) groups is 1. The van der Waals surface area contributed by atoms with E-state index in [9.17, 15) is 4.79 Å². The van der Waals surface area contributed by atoms with E-state index < -0.39 is 0 Å². The Morgan fingerprint density at radius 2 is 1.94 bits per heavy atom. The molecule has 0 N–H and O–H groups in total. The number of carbonyl (C=O) groups excluding carboxylic acids is 1. The SMILES string of the molecule is COc1ccc(C=CC(=O)c2ccc(Cl)s2)cc1. The normalized spacial score (nSPS) is 10.8. The van der Waals surface area contributed by atoms with Gasteiger partial charge in [-0.3, -0.25) is 4.79 Å². The zero-order chi connectivity index (χ0) is 13.0. The van der Waals surface area contributed by atoms with Crippen molar-refractivity contribution in [1.29, 1.82) is 0 Å². The standard InChI is InChI=1S/C14H11ClO2S/c1-17-11-5-2-10(3-6-11)4-7-12(16)13-8-9-14(15)18-13/h2-9H,1H3. The van der Waals surface area contributed by atoms with Gasteiger partial charge >= 0.3 is 0 Å². The Balaban J connectivity index is 2.08. The molecular weight excluding hydrogens is 268 g/mol. The van der Waals surface area contributed by atoms with Crippen LogP contribution >= 0.6 is 22.9 Å². The predicted molar refractivity (Wildman–Crippen MR) is 75.7 cm³/mol. The number of hydrogen-bond acceptors (Lipinski definition) is 3. The van der Waals surface area contributed by atoms with Gasteiger partial charge < -0.3 is 4.74 Å². The summed E-state index contributed by atoms with van der Waals surface area (Å²) in [5, 5.41) is 0. The van der Waals surface area contributed by atoms with Crippen molar-refractivity contribution in [3.05, 3.63) is 57.3 Å².